The third-order valence-electron chi connectivity index (χ3n) is 9.12. The molecule has 0 radical (unpaired) electrons. The molecule has 2 aromatic carbocycles. The molecule has 1 nitrogen and oxygen atoms in total. The van der Waals surface area contributed by atoms with Gasteiger partial charge in [0, 0.05) is 6.42 Å². The van der Waals surface area contributed by atoms with Crippen LogP contribution in [-0.2, 0) is 5.41 Å². The summed E-state index contributed by atoms with van der Waals surface area (Å²) in [5, 5.41) is 0. The van der Waals surface area contributed by atoms with E-state index in [-0.39, 0.29) is 17.4 Å². The molecule has 5 rings (SSSR count). The molecule has 3 fully saturated rings. The van der Waals surface area contributed by atoms with Gasteiger partial charge in [-0.25, -0.2) is 8.78 Å². The first-order valence-electron chi connectivity index (χ1n) is 14.1. The van der Waals surface area contributed by atoms with E-state index < -0.39 is 17.4 Å². The van der Waals surface area contributed by atoms with Crippen LogP contribution >= 0.6 is 0 Å². The van der Waals surface area contributed by atoms with Crippen LogP contribution in [0.25, 0.3) is 11.1 Å². The van der Waals surface area contributed by atoms with E-state index in [1.165, 1.54) is 81.9 Å². The molecule has 2 bridgehead atoms. The lowest BCUT2D eigenvalue weighted by molar-refractivity contribution is 0.0305. The Morgan fingerprint density at radius 2 is 1.31 bits per heavy atom. The maximum atomic E-state index is 14.8. The first kappa shape index (κ1) is 26.0. The van der Waals surface area contributed by atoms with Crippen LogP contribution in [-0.4, -0.2) is 5.78 Å². The van der Waals surface area contributed by atoms with Crippen LogP contribution in [0.4, 0.5) is 8.78 Å². The van der Waals surface area contributed by atoms with Gasteiger partial charge < -0.3 is 0 Å². The van der Waals surface area contributed by atoms with Crippen LogP contribution in [0.5, 0.6) is 0 Å². The summed E-state index contributed by atoms with van der Waals surface area (Å²) in [6.07, 6.45) is 17.1. The minimum absolute atomic E-state index is 0.198. The first-order chi connectivity index (χ1) is 16.9. The maximum absolute atomic E-state index is 14.8. The van der Waals surface area contributed by atoms with Crippen molar-refractivity contribution in [2.45, 2.75) is 116 Å². The van der Waals surface area contributed by atoms with Gasteiger partial charge >= 0.3 is 0 Å². The van der Waals surface area contributed by atoms with E-state index in [2.05, 4.69) is 26.0 Å². The number of rotatable bonds is 12. The summed E-state index contributed by atoms with van der Waals surface area (Å²) in [5.74, 6) is -1.93. The van der Waals surface area contributed by atoms with Crippen LogP contribution in [0.15, 0.2) is 36.4 Å². The Labute approximate surface area is 210 Å². The van der Waals surface area contributed by atoms with Gasteiger partial charge in [0.2, 0.25) is 0 Å². The number of carbonyl (C=O) groups excluding carboxylic acids is 1. The zero-order valence-electron chi connectivity index (χ0n) is 21.7. The molecule has 3 aliphatic rings. The zero-order valence-corrected chi connectivity index (χ0v) is 21.7. The van der Waals surface area contributed by atoms with Crippen LogP contribution in [0.3, 0.4) is 0 Å². The van der Waals surface area contributed by atoms with Gasteiger partial charge in [0.25, 0.3) is 0 Å². The van der Waals surface area contributed by atoms with Crippen LogP contribution in [0.1, 0.15) is 126 Å². The number of fused-ring (bicyclic) bond motifs is 3. The van der Waals surface area contributed by atoms with Gasteiger partial charge in [-0.1, -0.05) is 76.6 Å². The first-order valence-corrected chi connectivity index (χ1v) is 14.1. The zero-order chi connectivity index (χ0) is 24.9. The smallest absolute Gasteiger partial charge is 0.168 e. The average molecular weight is 481 g/mol. The molecular weight excluding hydrogens is 438 g/mol. The Bertz CT molecular complexity index is 959. The summed E-state index contributed by atoms with van der Waals surface area (Å²) in [6.45, 7) is 4.37. The van der Waals surface area contributed by atoms with Crippen LogP contribution in [0.2, 0.25) is 0 Å². The van der Waals surface area contributed by atoms with Crippen molar-refractivity contribution in [3.63, 3.8) is 0 Å². The number of unbranched alkanes of at least 4 members (excludes halogenated alkanes) is 5. The second-order valence-electron chi connectivity index (χ2n) is 11.4. The highest BCUT2D eigenvalue weighted by Gasteiger charge is 2.48. The third-order valence-corrected chi connectivity index (χ3v) is 9.12. The molecule has 0 N–H and O–H groups in total. The Kier molecular flexibility index (Phi) is 8.45. The number of carbonyl (C=O) groups is 1. The highest BCUT2D eigenvalue weighted by molar-refractivity contribution is 5.97. The van der Waals surface area contributed by atoms with Crippen LogP contribution < -0.4 is 0 Å². The topological polar surface area (TPSA) is 17.1 Å². The number of ketones is 1. The summed E-state index contributed by atoms with van der Waals surface area (Å²) >= 11 is 0. The maximum Gasteiger partial charge on any atom is 0.168 e. The second-order valence-corrected chi connectivity index (χ2v) is 11.4. The van der Waals surface area contributed by atoms with Crippen molar-refractivity contribution in [2.24, 2.45) is 5.41 Å². The minimum Gasteiger partial charge on any atom is -0.294 e. The molecular formula is C32H42F2O. The summed E-state index contributed by atoms with van der Waals surface area (Å²) in [5.41, 5.74) is 3.14. The fourth-order valence-electron chi connectivity index (χ4n) is 6.68. The standard InChI is InChI=1S/C32H42F2O/c1-3-5-7-8-10-29(35)30-27(33)22-25(23-28(30)34)24-11-13-26(14-12-24)32-19-16-31(17-20-32,18-21-32)15-9-6-4-2/h11-14,22-23H,3-10,15-21H2,1-2H3. The number of hydrogen-bond acceptors (Lipinski definition) is 1. The number of halogens is 2. The number of benzene rings is 2. The second kappa shape index (κ2) is 11.4. The van der Waals surface area contributed by atoms with E-state index >= 15 is 0 Å². The molecule has 0 spiro atoms. The van der Waals surface area contributed by atoms with Crippen molar-refractivity contribution in [2.75, 3.05) is 0 Å². The van der Waals surface area contributed by atoms with Gasteiger partial charge in [-0.2, -0.15) is 0 Å². The van der Waals surface area contributed by atoms with E-state index in [1.54, 1.807) is 0 Å². The van der Waals surface area contributed by atoms with Gasteiger partial charge in [-0.05, 0) is 91.0 Å². The third kappa shape index (κ3) is 5.70. The predicted molar refractivity (Wildman–Crippen MR) is 141 cm³/mol. The van der Waals surface area contributed by atoms with Gasteiger partial charge in [-0.3, -0.25) is 4.79 Å². The van der Waals surface area contributed by atoms with E-state index in [4.69, 9.17) is 0 Å². The molecule has 3 saturated carbocycles. The highest BCUT2D eigenvalue weighted by atomic mass is 19.1. The Hall–Kier alpha value is -2.03. The Morgan fingerprint density at radius 1 is 0.743 bits per heavy atom. The van der Waals surface area contributed by atoms with Crippen LogP contribution in [0, 0.1) is 17.0 Å². The molecule has 0 atom stereocenters. The monoisotopic (exact) mass is 480 g/mol. The van der Waals surface area contributed by atoms with E-state index in [1.807, 2.05) is 12.1 Å². The summed E-state index contributed by atoms with van der Waals surface area (Å²) in [4.78, 5) is 12.4. The lowest BCUT2D eigenvalue weighted by atomic mass is 9.51. The van der Waals surface area contributed by atoms with E-state index in [0.717, 1.165) is 24.8 Å². The molecule has 35 heavy (non-hydrogen) atoms. The van der Waals surface area contributed by atoms with E-state index in [0.29, 0.717) is 17.4 Å². The summed E-state index contributed by atoms with van der Waals surface area (Å²) in [6, 6.07) is 11.0. The van der Waals surface area contributed by atoms with Crippen molar-refractivity contribution in [1.82, 2.24) is 0 Å². The van der Waals surface area contributed by atoms with Gasteiger partial charge in [-0.15, -0.1) is 0 Å². The van der Waals surface area contributed by atoms with E-state index in [9.17, 15) is 13.6 Å². The molecule has 190 valence electrons. The molecule has 0 aliphatic heterocycles. The van der Waals surface area contributed by atoms with Crippen molar-refractivity contribution in [3.8, 4) is 11.1 Å². The average Bonchev–Trinajstić information content (AvgIpc) is 2.87. The van der Waals surface area contributed by atoms with Crippen molar-refractivity contribution in [3.05, 3.63) is 59.2 Å². The predicted octanol–water partition coefficient (Wildman–Crippen LogP) is 9.96. The molecule has 0 aromatic heterocycles. The molecule has 0 amide bonds. The fraction of sp³-hybridized carbons (Fsp3) is 0.594. The van der Waals surface area contributed by atoms with Gasteiger partial charge in [0.1, 0.15) is 11.6 Å². The SMILES string of the molecule is CCCCCCC(=O)c1c(F)cc(-c2ccc(C34CCC(CCCCC)(CC3)CC4)cc2)cc1F. The lowest BCUT2D eigenvalue weighted by Gasteiger charge is -2.54. The van der Waals surface area contributed by atoms with Gasteiger partial charge in [0.05, 0.1) is 5.56 Å². The summed E-state index contributed by atoms with van der Waals surface area (Å²) in [7, 11) is 0. The largest absolute Gasteiger partial charge is 0.294 e. The van der Waals surface area contributed by atoms with Crippen molar-refractivity contribution < 1.29 is 13.6 Å². The number of hydrogen-bond donors (Lipinski definition) is 0. The Morgan fingerprint density at radius 3 is 1.89 bits per heavy atom. The normalized spacial score (nSPS) is 23.5. The fourth-order valence-corrected chi connectivity index (χ4v) is 6.68. The molecule has 0 saturated heterocycles. The lowest BCUT2D eigenvalue weighted by Crippen LogP contribution is -2.44. The molecule has 3 aliphatic carbocycles. The Balaban J connectivity index is 1.44. The number of Topliss-reactive ketones (excluding diaryl/α,β-unsaturated/α-hetero) is 1. The molecule has 2 aromatic rings. The summed E-state index contributed by atoms with van der Waals surface area (Å²) < 4.78 is 29.6. The van der Waals surface area contributed by atoms with Gasteiger partial charge in [0.15, 0.2) is 5.78 Å². The molecule has 0 heterocycles. The van der Waals surface area contributed by atoms with Crippen molar-refractivity contribution >= 4 is 5.78 Å². The highest BCUT2D eigenvalue weighted by Crippen LogP contribution is 2.59. The minimum atomic E-state index is -0.748. The molecule has 3 heteroatoms. The quantitative estimate of drug-likeness (QED) is 0.218. The molecule has 0 unspecified atom stereocenters. The van der Waals surface area contributed by atoms with Crippen molar-refractivity contribution in [1.29, 1.82) is 0 Å².